The van der Waals surface area contributed by atoms with Crippen molar-refractivity contribution in [2.45, 2.75) is 64.5 Å². The molecule has 2 fully saturated rings. The Hall–Kier alpha value is -2.09. The molecule has 0 saturated carbocycles. The van der Waals surface area contributed by atoms with Crippen molar-refractivity contribution in [2.75, 3.05) is 27.1 Å². The average Bonchev–Trinajstić information content (AvgIpc) is 3.19. The van der Waals surface area contributed by atoms with Gasteiger partial charge in [0.05, 0.1) is 11.6 Å². The second-order valence-corrected chi connectivity index (χ2v) is 9.95. The van der Waals surface area contributed by atoms with Gasteiger partial charge >= 0.3 is 0 Å². The predicted octanol–water partition coefficient (Wildman–Crippen LogP) is 5.99. The van der Waals surface area contributed by atoms with Crippen molar-refractivity contribution in [3.8, 4) is 11.5 Å². The van der Waals surface area contributed by atoms with Gasteiger partial charge in [0, 0.05) is 24.3 Å². The second-order valence-electron chi connectivity index (χ2n) is 9.57. The van der Waals surface area contributed by atoms with Crippen LogP contribution in [0.2, 0.25) is 5.02 Å². The molecule has 196 valence electrons. The molecule has 0 amide bonds. The van der Waals surface area contributed by atoms with Gasteiger partial charge in [0.15, 0.2) is 6.79 Å². The highest BCUT2D eigenvalue weighted by Gasteiger charge is 2.71. The maximum Gasteiger partial charge on any atom is 0.217 e. The molecular formula is C29H38ClNO5. The van der Waals surface area contributed by atoms with Crippen LogP contribution < -0.4 is 9.47 Å². The van der Waals surface area contributed by atoms with Crippen LogP contribution in [0.15, 0.2) is 42.5 Å². The Balaban J connectivity index is 1.72. The Labute approximate surface area is 219 Å². The summed E-state index contributed by atoms with van der Waals surface area (Å²) in [5.74, 6) is 0.610. The number of likely N-dealkylation sites (N-methyl/N-ethyl adjacent to an activating group) is 1. The van der Waals surface area contributed by atoms with Crippen LogP contribution >= 0.6 is 11.6 Å². The van der Waals surface area contributed by atoms with Crippen LogP contribution in [0.3, 0.4) is 0 Å². The Morgan fingerprint density at radius 1 is 1.17 bits per heavy atom. The summed E-state index contributed by atoms with van der Waals surface area (Å²) >= 11 is 7.14. The van der Waals surface area contributed by atoms with Gasteiger partial charge in [-0.2, -0.15) is 0 Å². The van der Waals surface area contributed by atoms with Gasteiger partial charge in [0.2, 0.25) is 5.79 Å². The maximum atomic E-state index is 8.95. The molecule has 2 heterocycles. The highest BCUT2D eigenvalue weighted by atomic mass is 35.5. The first-order chi connectivity index (χ1) is 17.4. The van der Waals surface area contributed by atoms with Gasteiger partial charge < -0.3 is 24.1 Å². The van der Waals surface area contributed by atoms with E-state index < -0.39 is 5.79 Å². The third-order valence-electron chi connectivity index (χ3n) is 7.93. The lowest BCUT2D eigenvalue weighted by Gasteiger charge is -2.62. The number of rotatable bonds is 10. The minimum absolute atomic E-state index is 0.289. The minimum atomic E-state index is -0.973. The van der Waals surface area contributed by atoms with E-state index in [1.165, 1.54) is 0 Å². The molecule has 4 atom stereocenters. The first kappa shape index (κ1) is 27.0. The molecule has 4 unspecified atom stereocenters. The normalized spacial score (nSPS) is 28.1. The number of methoxy groups -OCH3 is 1. The summed E-state index contributed by atoms with van der Waals surface area (Å²) < 4.78 is 24.1. The SMILES string of the molecule is C/C=C/c1ccc(C2(OC)OCC23C(C)CC(CC)N3CC)c(Cl)c1OCc1ccc(OCO)cc1. The van der Waals surface area contributed by atoms with E-state index in [-0.39, 0.29) is 12.3 Å². The highest BCUT2D eigenvalue weighted by molar-refractivity contribution is 6.33. The molecule has 2 aromatic rings. The lowest BCUT2D eigenvalue weighted by atomic mass is 9.71. The zero-order chi connectivity index (χ0) is 25.9. The summed E-state index contributed by atoms with van der Waals surface area (Å²) in [6, 6.07) is 11.9. The van der Waals surface area contributed by atoms with E-state index in [0.717, 1.165) is 36.1 Å². The Kier molecular flexibility index (Phi) is 8.32. The average molecular weight is 516 g/mol. The molecule has 2 aromatic carbocycles. The standard InChI is InChI=1S/C29H38ClNO5/c1-6-9-22-12-15-25(26(30)27(22)34-17-21-10-13-24(14-11-21)35-19-32)29(33-5)28(18-36-29)20(4)16-23(7-2)31(28)8-3/h6,9-15,20,23,32H,7-8,16-19H2,1-5H3/b9-6+. The number of hydrogen-bond acceptors (Lipinski definition) is 6. The van der Waals surface area contributed by atoms with Crippen molar-refractivity contribution in [1.29, 1.82) is 0 Å². The number of nitrogens with zero attached hydrogens (tertiary/aromatic N) is 1. The van der Waals surface area contributed by atoms with Crippen molar-refractivity contribution < 1.29 is 24.1 Å². The van der Waals surface area contributed by atoms with Crippen LogP contribution in [0.4, 0.5) is 0 Å². The van der Waals surface area contributed by atoms with Gasteiger partial charge in [-0.05, 0) is 49.9 Å². The first-order valence-corrected chi connectivity index (χ1v) is 13.2. The summed E-state index contributed by atoms with van der Waals surface area (Å²) in [6.07, 6.45) is 6.15. The number of hydrogen-bond donors (Lipinski definition) is 1. The molecule has 7 heteroatoms. The molecule has 36 heavy (non-hydrogen) atoms. The second kappa shape index (κ2) is 11.1. The number of ether oxygens (including phenoxy) is 4. The van der Waals surface area contributed by atoms with Crippen LogP contribution in [0.25, 0.3) is 6.08 Å². The number of aliphatic hydroxyl groups excluding tert-OH is 1. The molecule has 0 radical (unpaired) electrons. The van der Waals surface area contributed by atoms with Gasteiger partial charge in [-0.15, -0.1) is 0 Å². The van der Waals surface area contributed by atoms with Crippen LogP contribution in [-0.4, -0.2) is 48.6 Å². The molecule has 4 rings (SSSR count). The number of aliphatic hydroxyl groups is 1. The summed E-state index contributed by atoms with van der Waals surface area (Å²) in [6.45, 7) is 10.2. The third kappa shape index (κ3) is 4.23. The van der Waals surface area contributed by atoms with Gasteiger partial charge in [0.1, 0.15) is 23.6 Å². The van der Waals surface area contributed by atoms with Crippen LogP contribution in [0.5, 0.6) is 11.5 Å². The molecule has 0 bridgehead atoms. The first-order valence-electron chi connectivity index (χ1n) is 12.8. The van der Waals surface area contributed by atoms with Gasteiger partial charge in [-0.1, -0.05) is 68.8 Å². The number of allylic oxidation sites excluding steroid dienone is 1. The van der Waals surface area contributed by atoms with Crippen molar-refractivity contribution in [1.82, 2.24) is 4.90 Å². The van der Waals surface area contributed by atoms with Crippen LogP contribution in [0, 0.1) is 5.92 Å². The van der Waals surface area contributed by atoms with Crippen molar-refractivity contribution >= 4 is 17.7 Å². The quantitative estimate of drug-likeness (QED) is 0.392. The molecule has 1 N–H and O–H groups in total. The van der Waals surface area contributed by atoms with Gasteiger partial charge in [-0.25, -0.2) is 0 Å². The van der Waals surface area contributed by atoms with Crippen LogP contribution in [0.1, 0.15) is 57.2 Å². The van der Waals surface area contributed by atoms with E-state index >= 15 is 0 Å². The summed E-state index contributed by atoms with van der Waals surface area (Å²) in [7, 11) is 1.72. The van der Waals surface area contributed by atoms with E-state index in [2.05, 4.69) is 25.7 Å². The minimum Gasteiger partial charge on any atom is -0.487 e. The molecule has 2 saturated heterocycles. The Morgan fingerprint density at radius 3 is 2.47 bits per heavy atom. The Morgan fingerprint density at radius 2 is 1.92 bits per heavy atom. The number of likely N-dealkylation sites (tertiary alicyclic amines) is 1. The van der Waals surface area contributed by atoms with E-state index in [0.29, 0.717) is 41.7 Å². The molecular weight excluding hydrogens is 478 g/mol. The number of halogens is 1. The number of benzene rings is 2. The maximum absolute atomic E-state index is 8.95. The largest absolute Gasteiger partial charge is 0.487 e. The zero-order valence-corrected chi connectivity index (χ0v) is 22.7. The summed E-state index contributed by atoms with van der Waals surface area (Å²) in [5.41, 5.74) is 2.36. The highest BCUT2D eigenvalue weighted by Crippen LogP contribution is 2.60. The van der Waals surface area contributed by atoms with E-state index in [9.17, 15) is 0 Å². The topological polar surface area (TPSA) is 60.4 Å². The van der Waals surface area contributed by atoms with Gasteiger partial charge in [-0.3, -0.25) is 4.90 Å². The molecule has 0 aromatic heterocycles. The summed E-state index contributed by atoms with van der Waals surface area (Å²) in [4.78, 5) is 2.57. The molecule has 1 spiro atoms. The van der Waals surface area contributed by atoms with Crippen molar-refractivity contribution in [3.05, 3.63) is 64.2 Å². The lowest BCUT2D eigenvalue weighted by Crippen LogP contribution is -2.75. The molecule has 2 aliphatic heterocycles. The fraction of sp³-hybridized carbons (Fsp3) is 0.517. The Bertz CT molecular complexity index is 1070. The van der Waals surface area contributed by atoms with E-state index in [4.69, 9.17) is 35.7 Å². The molecule has 6 nitrogen and oxygen atoms in total. The smallest absolute Gasteiger partial charge is 0.217 e. The van der Waals surface area contributed by atoms with Crippen molar-refractivity contribution in [3.63, 3.8) is 0 Å². The van der Waals surface area contributed by atoms with Gasteiger partial charge in [0.25, 0.3) is 0 Å². The van der Waals surface area contributed by atoms with E-state index in [1.54, 1.807) is 19.2 Å². The van der Waals surface area contributed by atoms with Crippen molar-refractivity contribution in [2.24, 2.45) is 5.92 Å². The lowest BCUT2D eigenvalue weighted by molar-refractivity contribution is -0.398. The molecule has 0 aliphatic carbocycles. The predicted molar refractivity (Wildman–Crippen MR) is 142 cm³/mol. The fourth-order valence-corrected chi connectivity index (χ4v) is 6.56. The molecule has 2 aliphatic rings. The fourth-order valence-electron chi connectivity index (χ4n) is 6.21. The van der Waals surface area contributed by atoms with Crippen LogP contribution in [-0.2, 0) is 21.9 Å². The monoisotopic (exact) mass is 515 g/mol. The zero-order valence-electron chi connectivity index (χ0n) is 21.9. The summed E-state index contributed by atoms with van der Waals surface area (Å²) in [5, 5.41) is 9.46. The third-order valence-corrected chi connectivity index (χ3v) is 8.30. The van der Waals surface area contributed by atoms with E-state index in [1.807, 2.05) is 43.3 Å².